The van der Waals surface area contributed by atoms with Crippen LogP contribution in [0, 0.1) is 21.4 Å². The third-order valence-electron chi connectivity index (χ3n) is 5.70. The molecule has 0 unspecified atom stereocenters. The van der Waals surface area contributed by atoms with Gasteiger partial charge in [0.1, 0.15) is 11.1 Å². The number of aryl methyl sites for hydroxylation is 1. The highest BCUT2D eigenvalue weighted by molar-refractivity contribution is 7.16. The predicted octanol–water partition coefficient (Wildman–Crippen LogP) is 3.17. The fourth-order valence-electron chi connectivity index (χ4n) is 4.09. The number of fused-ring (bicyclic) bond motifs is 1. The number of non-ortho nitro benzene ring substituents is 1. The van der Waals surface area contributed by atoms with E-state index in [1.54, 1.807) is 23.5 Å². The van der Waals surface area contributed by atoms with Gasteiger partial charge in [-0.1, -0.05) is 0 Å². The molecule has 9 heteroatoms. The Morgan fingerprint density at radius 3 is 2.53 bits per heavy atom. The maximum Gasteiger partial charge on any atom is 0.269 e. The lowest BCUT2D eigenvalue weighted by Crippen LogP contribution is -2.48. The van der Waals surface area contributed by atoms with Gasteiger partial charge in [0, 0.05) is 48.9 Å². The highest BCUT2D eigenvalue weighted by Gasteiger charge is 2.24. The van der Waals surface area contributed by atoms with E-state index in [0.29, 0.717) is 17.1 Å². The molecular weight excluding hydrogens is 402 g/mol. The van der Waals surface area contributed by atoms with E-state index in [1.165, 1.54) is 17.0 Å². The van der Waals surface area contributed by atoms with Crippen molar-refractivity contribution in [1.82, 2.24) is 4.90 Å². The Kier molecular flexibility index (Phi) is 5.97. The molecular formula is C21H23N5O3S. The normalized spacial score (nSPS) is 16.6. The predicted molar refractivity (Wildman–Crippen MR) is 116 cm³/mol. The van der Waals surface area contributed by atoms with E-state index in [2.05, 4.69) is 21.2 Å². The van der Waals surface area contributed by atoms with Crippen molar-refractivity contribution in [1.29, 1.82) is 5.26 Å². The number of anilines is 2. The van der Waals surface area contributed by atoms with E-state index in [4.69, 9.17) is 0 Å². The van der Waals surface area contributed by atoms with Crippen LogP contribution in [0.25, 0.3) is 0 Å². The summed E-state index contributed by atoms with van der Waals surface area (Å²) in [5, 5.41) is 24.0. The van der Waals surface area contributed by atoms with Gasteiger partial charge in [-0.15, -0.1) is 11.3 Å². The van der Waals surface area contributed by atoms with Crippen molar-refractivity contribution in [2.24, 2.45) is 0 Å². The largest absolute Gasteiger partial charge is 0.369 e. The second-order valence-corrected chi connectivity index (χ2v) is 8.72. The summed E-state index contributed by atoms with van der Waals surface area (Å²) in [6.45, 7) is 3.26. The van der Waals surface area contributed by atoms with Gasteiger partial charge < -0.3 is 10.2 Å². The van der Waals surface area contributed by atoms with E-state index in [9.17, 15) is 20.2 Å². The van der Waals surface area contributed by atoms with Crippen molar-refractivity contribution < 1.29 is 9.72 Å². The fraction of sp³-hybridized carbons (Fsp3) is 0.429. The lowest BCUT2D eigenvalue weighted by Gasteiger charge is -2.35. The van der Waals surface area contributed by atoms with Crippen LogP contribution in [0.5, 0.6) is 0 Å². The number of nitriles is 1. The Hall–Kier alpha value is -2.96. The van der Waals surface area contributed by atoms with Gasteiger partial charge >= 0.3 is 0 Å². The molecule has 1 fully saturated rings. The molecule has 30 heavy (non-hydrogen) atoms. The summed E-state index contributed by atoms with van der Waals surface area (Å²) in [6, 6.07) is 8.85. The SMILES string of the molecule is N#Cc1c(NC(=O)CN2CCN(c3ccc([N+](=O)[O-])cc3)CC2)sc2c1CCCC2. The number of hydrogen-bond donors (Lipinski definition) is 1. The highest BCUT2D eigenvalue weighted by atomic mass is 32.1. The minimum absolute atomic E-state index is 0.0843. The Labute approximate surface area is 178 Å². The molecule has 8 nitrogen and oxygen atoms in total. The second-order valence-electron chi connectivity index (χ2n) is 7.61. The Bertz CT molecular complexity index is 987. The monoisotopic (exact) mass is 425 g/mol. The van der Waals surface area contributed by atoms with Crippen LogP contribution in [0.4, 0.5) is 16.4 Å². The lowest BCUT2D eigenvalue weighted by molar-refractivity contribution is -0.384. The number of thiophene rings is 1. The zero-order valence-corrected chi connectivity index (χ0v) is 17.4. The molecule has 0 radical (unpaired) electrons. The minimum Gasteiger partial charge on any atom is -0.369 e. The van der Waals surface area contributed by atoms with Gasteiger partial charge in [0.25, 0.3) is 5.69 Å². The van der Waals surface area contributed by atoms with Crippen molar-refractivity contribution in [2.45, 2.75) is 25.7 Å². The molecule has 156 valence electrons. The summed E-state index contributed by atoms with van der Waals surface area (Å²) in [7, 11) is 0. The zero-order valence-electron chi connectivity index (χ0n) is 16.6. The van der Waals surface area contributed by atoms with E-state index in [0.717, 1.165) is 63.1 Å². The first-order valence-electron chi connectivity index (χ1n) is 10.1. The van der Waals surface area contributed by atoms with Crippen LogP contribution in [0.1, 0.15) is 28.8 Å². The first-order valence-corrected chi connectivity index (χ1v) is 10.9. The molecule has 0 saturated carbocycles. The Morgan fingerprint density at radius 1 is 1.17 bits per heavy atom. The zero-order chi connectivity index (χ0) is 21.1. The van der Waals surface area contributed by atoms with Crippen molar-refractivity contribution >= 4 is 33.6 Å². The van der Waals surface area contributed by atoms with Gasteiger partial charge in [-0.05, 0) is 43.4 Å². The summed E-state index contributed by atoms with van der Waals surface area (Å²) < 4.78 is 0. The number of nitrogens with one attached hydrogen (secondary N) is 1. The average molecular weight is 426 g/mol. The Balaban J connectivity index is 1.31. The van der Waals surface area contributed by atoms with Gasteiger partial charge in [-0.25, -0.2) is 0 Å². The number of hydrogen-bond acceptors (Lipinski definition) is 7. The maximum absolute atomic E-state index is 12.6. The molecule has 0 spiro atoms. The average Bonchev–Trinajstić information content (AvgIpc) is 3.11. The van der Waals surface area contributed by atoms with Crippen LogP contribution in [0.2, 0.25) is 0 Å². The molecule has 2 aromatic rings. The number of carbonyl (C=O) groups excluding carboxylic acids is 1. The fourth-order valence-corrected chi connectivity index (χ4v) is 5.35. The van der Waals surface area contributed by atoms with Crippen molar-refractivity contribution in [3.05, 3.63) is 50.4 Å². The lowest BCUT2D eigenvalue weighted by atomic mass is 9.96. The first kappa shape index (κ1) is 20.3. The standard InChI is InChI=1S/C21H23N5O3S/c22-13-18-17-3-1-2-4-19(17)30-21(18)23-20(27)14-24-9-11-25(12-10-24)15-5-7-16(8-6-15)26(28)29/h5-8H,1-4,9-12,14H2,(H,23,27). The van der Waals surface area contributed by atoms with Gasteiger partial charge in [0.2, 0.25) is 5.91 Å². The summed E-state index contributed by atoms with van der Waals surface area (Å²) in [4.78, 5) is 28.5. The number of nitrogens with zero attached hydrogens (tertiary/aromatic N) is 4. The van der Waals surface area contributed by atoms with Gasteiger partial charge in [0.15, 0.2) is 0 Å². The summed E-state index contributed by atoms with van der Waals surface area (Å²) in [6.07, 6.45) is 4.17. The number of nitro benzene ring substituents is 1. The Morgan fingerprint density at radius 2 is 1.87 bits per heavy atom. The number of amides is 1. The van der Waals surface area contributed by atoms with Crippen molar-refractivity contribution in [3.8, 4) is 6.07 Å². The van der Waals surface area contributed by atoms with E-state index < -0.39 is 4.92 Å². The van der Waals surface area contributed by atoms with E-state index in [-0.39, 0.29) is 11.6 Å². The van der Waals surface area contributed by atoms with E-state index in [1.807, 2.05) is 0 Å². The molecule has 1 aliphatic heterocycles. The first-order chi connectivity index (χ1) is 14.5. The molecule has 1 N–H and O–H groups in total. The molecule has 4 rings (SSSR count). The van der Waals surface area contributed by atoms with Crippen LogP contribution in [-0.4, -0.2) is 48.5 Å². The van der Waals surface area contributed by atoms with Gasteiger partial charge in [0.05, 0.1) is 17.0 Å². The van der Waals surface area contributed by atoms with Crippen LogP contribution >= 0.6 is 11.3 Å². The molecule has 2 heterocycles. The quantitative estimate of drug-likeness (QED) is 0.583. The second kappa shape index (κ2) is 8.81. The molecule has 0 atom stereocenters. The summed E-state index contributed by atoms with van der Waals surface area (Å²) in [5.74, 6) is -0.0890. The third-order valence-corrected chi connectivity index (χ3v) is 6.91. The third kappa shape index (κ3) is 4.30. The molecule has 1 aromatic carbocycles. The molecule has 1 aromatic heterocycles. The van der Waals surface area contributed by atoms with Crippen LogP contribution in [0.3, 0.4) is 0 Å². The molecule has 1 saturated heterocycles. The van der Waals surface area contributed by atoms with Crippen LogP contribution < -0.4 is 10.2 Å². The van der Waals surface area contributed by atoms with Gasteiger partial charge in [-0.3, -0.25) is 19.8 Å². The molecule has 1 aliphatic carbocycles. The number of rotatable bonds is 5. The smallest absolute Gasteiger partial charge is 0.269 e. The number of benzene rings is 1. The van der Waals surface area contributed by atoms with Crippen LogP contribution in [-0.2, 0) is 17.6 Å². The number of carbonyl (C=O) groups is 1. The maximum atomic E-state index is 12.6. The topological polar surface area (TPSA) is 103 Å². The van der Waals surface area contributed by atoms with Crippen molar-refractivity contribution in [2.75, 3.05) is 42.9 Å². The summed E-state index contributed by atoms with van der Waals surface area (Å²) >= 11 is 1.55. The molecule has 1 amide bonds. The van der Waals surface area contributed by atoms with Crippen molar-refractivity contribution in [3.63, 3.8) is 0 Å². The van der Waals surface area contributed by atoms with E-state index >= 15 is 0 Å². The number of piperazine rings is 1. The molecule has 0 bridgehead atoms. The number of nitro groups is 1. The summed E-state index contributed by atoms with van der Waals surface area (Å²) in [5.41, 5.74) is 2.81. The highest BCUT2D eigenvalue weighted by Crippen LogP contribution is 2.37. The van der Waals surface area contributed by atoms with Gasteiger partial charge in [-0.2, -0.15) is 5.26 Å². The molecule has 2 aliphatic rings. The van der Waals surface area contributed by atoms with Crippen LogP contribution in [0.15, 0.2) is 24.3 Å². The minimum atomic E-state index is -0.401.